The maximum absolute atomic E-state index is 11.1. The number of anilines is 1. The smallest absolute Gasteiger partial charge is 0.328 e. The third kappa shape index (κ3) is 4.25. The van der Waals surface area contributed by atoms with Crippen molar-refractivity contribution < 1.29 is 9.66 Å². The number of nitriles is 1. The Morgan fingerprint density at radius 3 is 2.87 bits per heavy atom. The van der Waals surface area contributed by atoms with Crippen LogP contribution >= 0.6 is 0 Å². The van der Waals surface area contributed by atoms with Gasteiger partial charge in [0.15, 0.2) is 0 Å². The summed E-state index contributed by atoms with van der Waals surface area (Å²) in [5, 5.41) is 23.0. The Morgan fingerprint density at radius 2 is 2.17 bits per heavy atom. The van der Waals surface area contributed by atoms with E-state index in [2.05, 4.69) is 10.3 Å². The first kappa shape index (κ1) is 16.4. The van der Waals surface area contributed by atoms with E-state index in [9.17, 15) is 10.1 Å². The maximum atomic E-state index is 11.1. The quantitative estimate of drug-likeness (QED) is 0.623. The summed E-state index contributed by atoms with van der Waals surface area (Å²) < 4.78 is 5.36. The largest absolute Gasteiger partial charge is 0.377 e. The second kappa shape index (κ2) is 7.87. The number of ether oxygens (including phenoxy) is 1. The fourth-order valence-electron chi connectivity index (χ4n) is 2.09. The van der Waals surface area contributed by atoms with E-state index >= 15 is 0 Å². The molecule has 1 N–H and O–H groups in total. The third-order valence-electron chi connectivity index (χ3n) is 3.15. The molecule has 1 aromatic carbocycles. The molecule has 118 valence electrons. The normalized spacial score (nSPS) is 10.1. The van der Waals surface area contributed by atoms with Crippen LogP contribution in [0.5, 0.6) is 0 Å². The molecule has 0 unspecified atom stereocenters. The molecule has 1 heterocycles. The lowest BCUT2D eigenvalue weighted by atomic mass is 10.1. The molecule has 2 rings (SSSR count). The van der Waals surface area contributed by atoms with Crippen molar-refractivity contribution in [2.24, 2.45) is 0 Å². The van der Waals surface area contributed by atoms with Crippen molar-refractivity contribution in [2.75, 3.05) is 11.9 Å². The number of rotatable bonds is 7. The van der Waals surface area contributed by atoms with E-state index in [1.165, 1.54) is 12.3 Å². The fraction of sp³-hybridized carbons (Fsp3) is 0.250. The van der Waals surface area contributed by atoms with E-state index in [1.54, 1.807) is 0 Å². The van der Waals surface area contributed by atoms with Crippen molar-refractivity contribution >= 4 is 11.5 Å². The predicted molar refractivity (Wildman–Crippen MR) is 84.7 cm³/mol. The average molecular weight is 312 g/mol. The van der Waals surface area contributed by atoms with Crippen LogP contribution in [0.3, 0.4) is 0 Å². The summed E-state index contributed by atoms with van der Waals surface area (Å²) in [6, 6.07) is 10.9. The van der Waals surface area contributed by atoms with Gasteiger partial charge in [0.05, 0.1) is 11.5 Å². The highest BCUT2D eigenvalue weighted by Crippen LogP contribution is 2.26. The molecule has 0 atom stereocenters. The number of aromatic nitrogens is 1. The molecule has 0 amide bonds. The van der Waals surface area contributed by atoms with Gasteiger partial charge in [0.1, 0.15) is 11.6 Å². The van der Waals surface area contributed by atoms with Gasteiger partial charge in [-0.1, -0.05) is 24.3 Å². The lowest BCUT2D eigenvalue weighted by molar-refractivity contribution is -0.384. The number of nitro groups is 1. The fourth-order valence-corrected chi connectivity index (χ4v) is 2.09. The molecular weight excluding hydrogens is 296 g/mol. The lowest BCUT2D eigenvalue weighted by Crippen LogP contribution is -2.06. The van der Waals surface area contributed by atoms with Crippen molar-refractivity contribution in [2.45, 2.75) is 20.1 Å². The summed E-state index contributed by atoms with van der Waals surface area (Å²) in [6.07, 6.45) is 1.37. The summed E-state index contributed by atoms with van der Waals surface area (Å²) in [4.78, 5) is 14.5. The van der Waals surface area contributed by atoms with E-state index in [4.69, 9.17) is 10.00 Å². The first-order chi connectivity index (χ1) is 11.2. The first-order valence-electron chi connectivity index (χ1n) is 7.08. The molecule has 0 spiro atoms. The maximum Gasteiger partial charge on any atom is 0.328 e. The van der Waals surface area contributed by atoms with Gasteiger partial charge >= 0.3 is 5.69 Å². The number of nitrogens with zero attached hydrogens (tertiary/aromatic N) is 3. The van der Waals surface area contributed by atoms with Crippen molar-refractivity contribution in [3.05, 3.63) is 63.3 Å². The minimum Gasteiger partial charge on any atom is -0.377 e. The minimum absolute atomic E-state index is 0.0161. The van der Waals surface area contributed by atoms with Gasteiger partial charge in [-0.05, 0) is 24.1 Å². The van der Waals surface area contributed by atoms with E-state index < -0.39 is 4.92 Å². The van der Waals surface area contributed by atoms with Crippen LogP contribution in [0.4, 0.5) is 11.5 Å². The van der Waals surface area contributed by atoms with Crippen LogP contribution in [-0.4, -0.2) is 16.5 Å². The van der Waals surface area contributed by atoms with Gasteiger partial charge in [0.25, 0.3) is 0 Å². The molecule has 0 bridgehead atoms. The number of nitrogens with one attached hydrogen (secondary N) is 1. The molecule has 23 heavy (non-hydrogen) atoms. The van der Waals surface area contributed by atoms with Crippen molar-refractivity contribution in [3.8, 4) is 6.07 Å². The molecule has 2 aromatic rings. The van der Waals surface area contributed by atoms with Crippen LogP contribution in [0.25, 0.3) is 0 Å². The SMILES string of the molecule is CCOCc1cccc(CNc2nccc(C#N)c2[N+](=O)[O-])c1. The van der Waals surface area contributed by atoms with Crippen LogP contribution < -0.4 is 5.32 Å². The highest BCUT2D eigenvalue weighted by Gasteiger charge is 2.20. The molecule has 0 aliphatic heterocycles. The Morgan fingerprint density at radius 1 is 1.39 bits per heavy atom. The Hall–Kier alpha value is -2.98. The van der Waals surface area contributed by atoms with Gasteiger partial charge in [-0.25, -0.2) is 4.98 Å². The number of benzene rings is 1. The third-order valence-corrected chi connectivity index (χ3v) is 3.15. The molecule has 7 heteroatoms. The Bertz CT molecular complexity index is 740. The summed E-state index contributed by atoms with van der Waals surface area (Å²) in [7, 11) is 0. The van der Waals surface area contributed by atoms with Crippen molar-refractivity contribution in [3.63, 3.8) is 0 Å². The standard InChI is InChI=1S/C16H16N4O3/c1-2-23-11-13-5-3-4-12(8-13)10-19-16-15(20(21)22)14(9-17)6-7-18-16/h3-8H,2,10-11H2,1H3,(H,18,19). The molecule has 0 radical (unpaired) electrons. The molecule has 0 aliphatic carbocycles. The second-order valence-electron chi connectivity index (χ2n) is 4.74. The zero-order valence-corrected chi connectivity index (χ0v) is 12.7. The molecule has 0 saturated carbocycles. The number of pyridine rings is 1. The van der Waals surface area contributed by atoms with Gasteiger partial charge in [0, 0.05) is 19.3 Å². The van der Waals surface area contributed by atoms with Gasteiger partial charge < -0.3 is 10.1 Å². The molecule has 0 saturated heterocycles. The van der Waals surface area contributed by atoms with Crippen molar-refractivity contribution in [1.82, 2.24) is 4.98 Å². The average Bonchev–Trinajstić information content (AvgIpc) is 2.57. The van der Waals surface area contributed by atoms with E-state index in [-0.39, 0.29) is 17.1 Å². The molecule has 7 nitrogen and oxygen atoms in total. The monoisotopic (exact) mass is 312 g/mol. The molecule has 1 aromatic heterocycles. The van der Waals surface area contributed by atoms with Crippen LogP contribution in [0, 0.1) is 21.4 Å². The van der Waals surface area contributed by atoms with Gasteiger partial charge in [-0.15, -0.1) is 0 Å². The molecule has 0 aliphatic rings. The van der Waals surface area contributed by atoms with E-state index in [0.717, 1.165) is 11.1 Å². The van der Waals surface area contributed by atoms with Crippen LogP contribution in [0.1, 0.15) is 23.6 Å². The zero-order chi connectivity index (χ0) is 16.7. The Labute approximate surface area is 133 Å². The summed E-state index contributed by atoms with van der Waals surface area (Å²) in [5.74, 6) is 0.0873. The first-order valence-corrected chi connectivity index (χ1v) is 7.08. The minimum atomic E-state index is -0.598. The molecular formula is C16H16N4O3. The molecule has 0 fully saturated rings. The topological polar surface area (TPSA) is 101 Å². The van der Waals surface area contributed by atoms with E-state index in [1.807, 2.05) is 37.3 Å². The van der Waals surface area contributed by atoms with Gasteiger partial charge in [-0.3, -0.25) is 10.1 Å². The predicted octanol–water partition coefficient (Wildman–Crippen LogP) is 3.01. The Kier molecular flexibility index (Phi) is 5.61. The summed E-state index contributed by atoms with van der Waals surface area (Å²) in [6.45, 7) is 3.45. The number of hydrogen-bond acceptors (Lipinski definition) is 6. The zero-order valence-electron chi connectivity index (χ0n) is 12.7. The highest BCUT2D eigenvalue weighted by molar-refractivity contribution is 5.64. The lowest BCUT2D eigenvalue weighted by Gasteiger charge is -2.08. The van der Waals surface area contributed by atoms with Crippen LogP contribution in [0.15, 0.2) is 36.5 Å². The summed E-state index contributed by atoms with van der Waals surface area (Å²) in [5.41, 5.74) is 1.65. The highest BCUT2D eigenvalue weighted by atomic mass is 16.6. The van der Waals surface area contributed by atoms with Crippen molar-refractivity contribution in [1.29, 1.82) is 5.26 Å². The number of hydrogen-bond donors (Lipinski definition) is 1. The van der Waals surface area contributed by atoms with Crippen LogP contribution in [0.2, 0.25) is 0 Å². The van der Waals surface area contributed by atoms with Crippen LogP contribution in [-0.2, 0) is 17.9 Å². The van der Waals surface area contributed by atoms with Gasteiger partial charge in [0.2, 0.25) is 5.82 Å². The second-order valence-corrected chi connectivity index (χ2v) is 4.74. The van der Waals surface area contributed by atoms with E-state index in [0.29, 0.717) is 19.8 Å². The Balaban J connectivity index is 2.15. The summed E-state index contributed by atoms with van der Waals surface area (Å²) >= 11 is 0. The van der Waals surface area contributed by atoms with Gasteiger partial charge in [-0.2, -0.15) is 5.26 Å².